The zero-order valence-electron chi connectivity index (χ0n) is 9.86. The lowest BCUT2D eigenvalue weighted by Gasteiger charge is -2.31. The molecule has 0 aliphatic heterocycles. The van der Waals surface area contributed by atoms with Gasteiger partial charge >= 0.3 is 12.0 Å². The lowest BCUT2D eigenvalue weighted by Crippen LogP contribution is -2.47. The summed E-state index contributed by atoms with van der Waals surface area (Å²) in [5, 5.41) is 13.2. The molecular weight excluding hydrogens is 224 g/mol. The maximum Gasteiger partial charge on any atom is 0.321 e. The highest BCUT2D eigenvalue weighted by molar-refractivity contribution is 5.95. The van der Waals surface area contributed by atoms with E-state index in [2.05, 4.69) is 10.6 Å². The zero-order chi connectivity index (χ0) is 12.8. The van der Waals surface area contributed by atoms with Crippen LogP contribution in [-0.4, -0.2) is 29.1 Å². The Kier molecular flexibility index (Phi) is 4.93. The molecular formula is C11H18N2O4. The molecule has 0 radical (unpaired) electrons. The fraction of sp³-hybridized carbons (Fsp3) is 0.727. The van der Waals surface area contributed by atoms with Gasteiger partial charge < -0.3 is 10.4 Å². The van der Waals surface area contributed by atoms with Crippen molar-refractivity contribution in [3.63, 3.8) is 0 Å². The second kappa shape index (κ2) is 6.22. The van der Waals surface area contributed by atoms with Gasteiger partial charge in [0, 0.05) is 12.5 Å². The molecule has 1 atom stereocenters. The van der Waals surface area contributed by atoms with Crippen molar-refractivity contribution in [2.24, 2.45) is 5.92 Å². The summed E-state index contributed by atoms with van der Waals surface area (Å²) in [4.78, 5) is 32.7. The topological polar surface area (TPSA) is 95.5 Å². The Balaban J connectivity index is 2.19. The Bertz CT molecular complexity index is 313. The van der Waals surface area contributed by atoms with Crippen molar-refractivity contribution in [2.75, 3.05) is 0 Å². The summed E-state index contributed by atoms with van der Waals surface area (Å²) in [7, 11) is 0. The van der Waals surface area contributed by atoms with Gasteiger partial charge in [0.2, 0.25) is 5.91 Å². The second-order valence-corrected chi connectivity index (χ2v) is 4.40. The number of urea groups is 1. The van der Waals surface area contributed by atoms with Crippen LogP contribution in [0.15, 0.2) is 0 Å². The molecule has 0 bridgehead atoms. The Labute approximate surface area is 99.8 Å². The van der Waals surface area contributed by atoms with E-state index in [4.69, 9.17) is 5.11 Å². The molecule has 0 aromatic rings. The van der Waals surface area contributed by atoms with Crippen LogP contribution in [-0.2, 0) is 9.59 Å². The van der Waals surface area contributed by atoms with Gasteiger partial charge in [-0.15, -0.1) is 0 Å². The van der Waals surface area contributed by atoms with Crippen LogP contribution >= 0.6 is 0 Å². The molecule has 6 nitrogen and oxygen atoms in total. The van der Waals surface area contributed by atoms with Gasteiger partial charge in [-0.05, 0) is 25.7 Å². The first-order valence-electron chi connectivity index (χ1n) is 5.81. The predicted molar refractivity (Wildman–Crippen MR) is 60.3 cm³/mol. The van der Waals surface area contributed by atoms with E-state index in [1.54, 1.807) is 0 Å². The van der Waals surface area contributed by atoms with E-state index >= 15 is 0 Å². The monoisotopic (exact) mass is 242 g/mol. The number of rotatable bonds is 5. The van der Waals surface area contributed by atoms with Gasteiger partial charge in [0.05, 0.1) is 6.42 Å². The number of hydrogen-bond acceptors (Lipinski definition) is 3. The normalized spacial score (nSPS) is 16.8. The van der Waals surface area contributed by atoms with Gasteiger partial charge in [0.1, 0.15) is 0 Å². The van der Waals surface area contributed by atoms with Crippen molar-refractivity contribution in [3.05, 3.63) is 0 Å². The van der Waals surface area contributed by atoms with Crippen molar-refractivity contribution in [2.45, 2.75) is 45.1 Å². The number of hydrogen-bond donors (Lipinski definition) is 3. The zero-order valence-corrected chi connectivity index (χ0v) is 9.86. The van der Waals surface area contributed by atoms with Crippen LogP contribution in [0.4, 0.5) is 4.79 Å². The molecule has 1 unspecified atom stereocenters. The number of imide groups is 1. The molecule has 1 aliphatic carbocycles. The van der Waals surface area contributed by atoms with Crippen molar-refractivity contribution in [1.29, 1.82) is 0 Å². The van der Waals surface area contributed by atoms with Crippen molar-refractivity contribution in [3.8, 4) is 0 Å². The van der Waals surface area contributed by atoms with Gasteiger partial charge in [-0.1, -0.05) is 6.42 Å². The number of nitrogens with one attached hydrogen (secondary N) is 2. The average Bonchev–Trinajstić information content (AvgIpc) is 2.11. The van der Waals surface area contributed by atoms with E-state index in [9.17, 15) is 14.4 Å². The van der Waals surface area contributed by atoms with Crippen LogP contribution in [0.2, 0.25) is 0 Å². The molecule has 0 spiro atoms. The first-order valence-corrected chi connectivity index (χ1v) is 5.81. The summed E-state index contributed by atoms with van der Waals surface area (Å²) in [5.74, 6) is -1.12. The summed E-state index contributed by atoms with van der Waals surface area (Å²) >= 11 is 0. The highest BCUT2D eigenvalue weighted by Gasteiger charge is 2.25. The fourth-order valence-corrected chi connectivity index (χ4v) is 1.71. The van der Waals surface area contributed by atoms with Crippen LogP contribution in [0, 0.1) is 5.92 Å². The van der Waals surface area contributed by atoms with E-state index in [1.165, 1.54) is 6.42 Å². The van der Waals surface area contributed by atoms with Crippen LogP contribution in [0.3, 0.4) is 0 Å². The molecule has 96 valence electrons. The highest BCUT2D eigenvalue weighted by Crippen LogP contribution is 2.29. The molecule has 0 aromatic carbocycles. The van der Waals surface area contributed by atoms with Crippen molar-refractivity contribution >= 4 is 17.9 Å². The molecule has 3 N–H and O–H groups in total. The molecule has 1 aliphatic rings. The molecule has 0 aromatic heterocycles. The molecule has 1 saturated carbocycles. The third kappa shape index (κ3) is 4.84. The highest BCUT2D eigenvalue weighted by atomic mass is 16.4. The number of aliphatic carboxylic acids is 1. The van der Waals surface area contributed by atoms with Gasteiger partial charge in [-0.2, -0.15) is 0 Å². The molecule has 3 amide bonds. The number of carbonyl (C=O) groups excluding carboxylic acids is 2. The van der Waals surface area contributed by atoms with Crippen LogP contribution in [0.1, 0.15) is 39.0 Å². The summed E-state index contributed by atoms with van der Waals surface area (Å²) in [6.07, 6.45) is 2.95. The number of carboxylic acid groups (broad SMARTS) is 1. The smallest absolute Gasteiger partial charge is 0.321 e. The quantitative estimate of drug-likeness (QED) is 0.666. The SMILES string of the molecule is CC(NC(=O)NC(=O)CCC(=O)O)C1CCC1. The van der Waals surface area contributed by atoms with Crippen LogP contribution in [0.5, 0.6) is 0 Å². The number of carbonyl (C=O) groups is 3. The van der Waals surface area contributed by atoms with Crippen LogP contribution < -0.4 is 10.6 Å². The summed E-state index contributed by atoms with van der Waals surface area (Å²) in [6.45, 7) is 1.91. The van der Waals surface area contributed by atoms with Gasteiger partial charge in [0.15, 0.2) is 0 Å². The minimum atomic E-state index is -1.05. The standard InChI is InChI=1S/C11H18N2O4/c1-7(8-3-2-4-8)12-11(17)13-9(14)5-6-10(15)16/h7-8H,2-6H2,1H3,(H,15,16)(H2,12,13,14,17). The Morgan fingerprint density at radius 2 is 1.94 bits per heavy atom. The van der Waals surface area contributed by atoms with E-state index in [1.807, 2.05) is 6.92 Å². The van der Waals surface area contributed by atoms with E-state index in [0.29, 0.717) is 5.92 Å². The van der Waals surface area contributed by atoms with Crippen molar-refractivity contribution in [1.82, 2.24) is 10.6 Å². The summed E-state index contributed by atoms with van der Waals surface area (Å²) in [6, 6.07) is -0.490. The third-order valence-electron chi connectivity index (χ3n) is 3.03. The molecule has 0 heterocycles. The largest absolute Gasteiger partial charge is 0.481 e. The first kappa shape index (κ1) is 13.5. The van der Waals surface area contributed by atoms with E-state index < -0.39 is 17.9 Å². The van der Waals surface area contributed by atoms with Crippen LogP contribution in [0.25, 0.3) is 0 Å². The minimum absolute atomic E-state index is 0.0519. The molecule has 6 heteroatoms. The Morgan fingerprint density at radius 1 is 1.29 bits per heavy atom. The molecule has 1 fully saturated rings. The molecule has 1 rings (SSSR count). The van der Waals surface area contributed by atoms with Gasteiger partial charge in [0.25, 0.3) is 0 Å². The van der Waals surface area contributed by atoms with E-state index in [0.717, 1.165) is 12.8 Å². The summed E-state index contributed by atoms with van der Waals surface area (Å²) in [5.41, 5.74) is 0. The number of amides is 3. The lowest BCUT2D eigenvalue weighted by atomic mass is 9.80. The average molecular weight is 242 g/mol. The van der Waals surface area contributed by atoms with E-state index in [-0.39, 0.29) is 18.9 Å². The molecule has 0 saturated heterocycles. The first-order chi connectivity index (χ1) is 7.99. The predicted octanol–water partition coefficient (Wildman–Crippen LogP) is 0.866. The second-order valence-electron chi connectivity index (χ2n) is 4.40. The number of carboxylic acids is 1. The fourth-order valence-electron chi connectivity index (χ4n) is 1.71. The lowest BCUT2D eigenvalue weighted by molar-refractivity contribution is -0.138. The maximum atomic E-state index is 11.4. The third-order valence-corrected chi connectivity index (χ3v) is 3.03. The van der Waals surface area contributed by atoms with Gasteiger partial charge in [-0.25, -0.2) is 4.79 Å². The van der Waals surface area contributed by atoms with Gasteiger partial charge in [-0.3, -0.25) is 14.9 Å². The summed E-state index contributed by atoms with van der Waals surface area (Å²) < 4.78 is 0. The Morgan fingerprint density at radius 3 is 2.41 bits per heavy atom. The van der Waals surface area contributed by atoms with Crippen molar-refractivity contribution < 1.29 is 19.5 Å². The molecule has 17 heavy (non-hydrogen) atoms. The maximum absolute atomic E-state index is 11.4. The minimum Gasteiger partial charge on any atom is -0.481 e. The Hall–Kier alpha value is -1.59.